The van der Waals surface area contributed by atoms with Gasteiger partial charge in [-0.25, -0.2) is 8.78 Å². The Kier molecular flexibility index (Phi) is 6.44. The second kappa shape index (κ2) is 8.56. The highest BCUT2D eigenvalue weighted by Gasteiger charge is 2.28. The molecule has 2 aromatic rings. The van der Waals surface area contributed by atoms with Gasteiger partial charge in [-0.1, -0.05) is 44.2 Å². The SMILES string of the molecule is CC(C)C(NC(=O)c1ccccc1F)C(=O)N(C)Cc1ccccc1F. The van der Waals surface area contributed by atoms with Crippen molar-refractivity contribution in [2.75, 3.05) is 7.05 Å². The fraction of sp³-hybridized carbons (Fsp3) is 0.300. The molecule has 0 aromatic heterocycles. The van der Waals surface area contributed by atoms with Gasteiger partial charge in [0, 0.05) is 19.2 Å². The summed E-state index contributed by atoms with van der Waals surface area (Å²) < 4.78 is 27.6. The molecule has 0 aliphatic carbocycles. The lowest BCUT2D eigenvalue weighted by atomic mass is 10.0. The second-order valence-electron chi connectivity index (χ2n) is 6.46. The number of hydrogen-bond donors (Lipinski definition) is 1. The molecule has 0 fully saturated rings. The predicted molar refractivity (Wildman–Crippen MR) is 95.4 cm³/mol. The number of nitrogens with one attached hydrogen (secondary N) is 1. The quantitative estimate of drug-likeness (QED) is 0.859. The van der Waals surface area contributed by atoms with Crippen LogP contribution in [0.15, 0.2) is 48.5 Å². The molecule has 0 saturated heterocycles. The van der Waals surface area contributed by atoms with E-state index < -0.39 is 23.6 Å². The minimum absolute atomic E-state index is 0.0737. The summed E-state index contributed by atoms with van der Waals surface area (Å²) in [7, 11) is 1.54. The van der Waals surface area contributed by atoms with E-state index in [1.165, 1.54) is 29.2 Å². The van der Waals surface area contributed by atoms with E-state index in [1.807, 2.05) is 0 Å². The van der Waals surface area contributed by atoms with Crippen molar-refractivity contribution in [2.24, 2.45) is 5.92 Å². The number of nitrogens with zero attached hydrogens (tertiary/aromatic N) is 1. The number of likely N-dealkylation sites (N-methyl/N-ethyl adjacent to an activating group) is 1. The van der Waals surface area contributed by atoms with Gasteiger partial charge in [0.2, 0.25) is 5.91 Å². The van der Waals surface area contributed by atoms with Crippen LogP contribution in [-0.4, -0.2) is 29.8 Å². The standard InChI is InChI=1S/C20H22F2N2O2/c1-13(2)18(23-19(25)15-9-5-7-11-17(15)22)20(26)24(3)12-14-8-4-6-10-16(14)21/h4-11,13,18H,12H2,1-3H3,(H,23,25). The van der Waals surface area contributed by atoms with Gasteiger partial charge in [-0.2, -0.15) is 0 Å². The van der Waals surface area contributed by atoms with Crippen LogP contribution < -0.4 is 5.32 Å². The highest BCUT2D eigenvalue weighted by atomic mass is 19.1. The van der Waals surface area contributed by atoms with Gasteiger partial charge in [0.1, 0.15) is 17.7 Å². The van der Waals surface area contributed by atoms with Crippen molar-refractivity contribution in [1.29, 1.82) is 0 Å². The van der Waals surface area contributed by atoms with Gasteiger partial charge in [0.05, 0.1) is 5.56 Å². The number of carbonyl (C=O) groups excluding carboxylic acids is 2. The third-order valence-electron chi connectivity index (χ3n) is 4.08. The Labute approximate surface area is 151 Å². The van der Waals surface area contributed by atoms with Crippen molar-refractivity contribution in [2.45, 2.75) is 26.4 Å². The molecule has 1 atom stereocenters. The normalized spacial score (nSPS) is 11.9. The Hall–Kier alpha value is -2.76. The van der Waals surface area contributed by atoms with Crippen LogP contribution in [0, 0.1) is 17.6 Å². The Morgan fingerprint density at radius 3 is 2.15 bits per heavy atom. The molecule has 0 heterocycles. The van der Waals surface area contributed by atoms with Crippen LogP contribution in [-0.2, 0) is 11.3 Å². The largest absolute Gasteiger partial charge is 0.340 e. The van der Waals surface area contributed by atoms with Crippen LogP contribution in [0.3, 0.4) is 0 Å². The van der Waals surface area contributed by atoms with Crippen molar-refractivity contribution >= 4 is 11.8 Å². The van der Waals surface area contributed by atoms with Crippen molar-refractivity contribution in [3.05, 3.63) is 71.3 Å². The molecule has 2 rings (SSSR count). The van der Waals surface area contributed by atoms with Crippen molar-refractivity contribution in [1.82, 2.24) is 10.2 Å². The van der Waals surface area contributed by atoms with E-state index in [2.05, 4.69) is 5.32 Å². The summed E-state index contributed by atoms with van der Waals surface area (Å²) in [4.78, 5) is 26.4. The lowest BCUT2D eigenvalue weighted by Gasteiger charge is -2.27. The molecule has 1 unspecified atom stereocenters. The van der Waals surface area contributed by atoms with Crippen molar-refractivity contribution in [3.63, 3.8) is 0 Å². The van der Waals surface area contributed by atoms with Crippen LogP contribution in [0.5, 0.6) is 0 Å². The summed E-state index contributed by atoms with van der Waals surface area (Å²) in [5, 5.41) is 2.59. The summed E-state index contributed by atoms with van der Waals surface area (Å²) in [5.41, 5.74) is 0.258. The molecule has 0 bridgehead atoms. The molecule has 0 aliphatic rings. The smallest absolute Gasteiger partial charge is 0.254 e. The zero-order chi connectivity index (χ0) is 19.3. The summed E-state index contributed by atoms with van der Waals surface area (Å²) in [5.74, 6) is -2.30. The summed E-state index contributed by atoms with van der Waals surface area (Å²) in [6.07, 6.45) is 0. The lowest BCUT2D eigenvalue weighted by Crippen LogP contribution is -2.50. The Morgan fingerprint density at radius 1 is 1.00 bits per heavy atom. The maximum Gasteiger partial charge on any atom is 0.254 e. The Bertz CT molecular complexity index is 793. The maximum atomic E-state index is 13.8. The zero-order valence-electron chi connectivity index (χ0n) is 15.0. The molecule has 1 N–H and O–H groups in total. The third kappa shape index (κ3) is 4.65. The van der Waals surface area contributed by atoms with E-state index in [0.29, 0.717) is 5.56 Å². The second-order valence-corrected chi connectivity index (χ2v) is 6.46. The van der Waals surface area contributed by atoms with E-state index in [9.17, 15) is 18.4 Å². The van der Waals surface area contributed by atoms with Gasteiger partial charge in [0.15, 0.2) is 0 Å². The monoisotopic (exact) mass is 360 g/mol. The lowest BCUT2D eigenvalue weighted by molar-refractivity contribution is -0.133. The minimum Gasteiger partial charge on any atom is -0.340 e. The third-order valence-corrected chi connectivity index (χ3v) is 4.08. The minimum atomic E-state index is -0.848. The van der Waals surface area contributed by atoms with Crippen LogP contribution in [0.4, 0.5) is 8.78 Å². The van der Waals surface area contributed by atoms with Crippen LogP contribution in [0.2, 0.25) is 0 Å². The van der Waals surface area contributed by atoms with E-state index in [-0.39, 0.29) is 23.9 Å². The summed E-state index contributed by atoms with van der Waals surface area (Å²) in [6.45, 7) is 3.63. The van der Waals surface area contributed by atoms with E-state index in [1.54, 1.807) is 45.2 Å². The van der Waals surface area contributed by atoms with Crippen molar-refractivity contribution < 1.29 is 18.4 Å². The van der Waals surface area contributed by atoms with Crippen molar-refractivity contribution in [3.8, 4) is 0 Å². The van der Waals surface area contributed by atoms with Gasteiger partial charge in [-0.15, -0.1) is 0 Å². The topological polar surface area (TPSA) is 49.4 Å². The average Bonchev–Trinajstić information content (AvgIpc) is 2.61. The molecule has 0 radical (unpaired) electrons. The van der Waals surface area contributed by atoms with Gasteiger partial charge in [-0.05, 0) is 24.1 Å². The molecule has 6 heteroatoms. The average molecular weight is 360 g/mol. The predicted octanol–water partition coefficient (Wildman–Crippen LogP) is 3.38. The first-order chi connectivity index (χ1) is 12.3. The first kappa shape index (κ1) is 19.6. The van der Waals surface area contributed by atoms with E-state index in [0.717, 1.165) is 0 Å². The molecule has 0 saturated carbocycles. The van der Waals surface area contributed by atoms with Gasteiger partial charge in [0.25, 0.3) is 5.91 Å². The maximum absolute atomic E-state index is 13.8. The van der Waals surface area contributed by atoms with Crippen LogP contribution in [0.25, 0.3) is 0 Å². The summed E-state index contributed by atoms with van der Waals surface area (Å²) >= 11 is 0. The zero-order valence-corrected chi connectivity index (χ0v) is 15.0. The fourth-order valence-electron chi connectivity index (χ4n) is 2.58. The van der Waals surface area contributed by atoms with E-state index >= 15 is 0 Å². The number of amides is 2. The molecule has 2 amide bonds. The molecule has 0 aliphatic heterocycles. The molecule has 2 aromatic carbocycles. The highest BCUT2D eigenvalue weighted by Crippen LogP contribution is 2.13. The van der Waals surface area contributed by atoms with Crippen LogP contribution in [0.1, 0.15) is 29.8 Å². The number of halogens is 2. The molecular weight excluding hydrogens is 338 g/mol. The highest BCUT2D eigenvalue weighted by molar-refractivity contribution is 5.97. The van der Waals surface area contributed by atoms with E-state index in [4.69, 9.17) is 0 Å². The Morgan fingerprint density at radius 2 is 1.58 bits per heavy atom. The Balaban J connectivity index is 2.13. The molecular formula is C20H22F2N2O2. The number of benzene rings is 2. The number of hydrogen-bond acceptors (Lipinski definition) is 2. The molecule has 26 heavy (non-hydrogen) atoms. The first-order valence-electron chi connectivity index (χ1n) is 8.35. The molecule has 4 nitrogen and oxygen atoms in total. The van der Waals surface area contributed by atoms with Gasteiger partial charge >= 0.3 is 0 Å². The van der Waals surface area contributed by atoms with Gasteiger partial charge < -0.3 is 10.2 Å². The molecule has 138 valence electrons. The van der Waals surface area contributed by atoms with Gasteiger partial charge in [-0.3, -0.25) is 9.59 Å². The number of carbonyl (C=O) groups is 2. The molecule has 0 spiro atoms. The fourth-order valence-corrected chi connectivity index (χ4v) is 2.58. The summed E-state index contributed by atoms with van der Waals surface area (Å²) in [6, 6.07) is 10.9. The first-order valence-corrected chi connectivity index (χ1v) is 8.35. The van der Waals surface area contributed by atoms with Crippen LogP contribution >= 0.6 is 0 Å². The number of rotatable bonds is 6.